The number of piperazine rings is 1. The van der Waals surface area contributed by atoms with E-state index in [9.17, 15) is 4.79 Å². The molecule has 1 rings (SSSR count). The summed E-state index contributed by atoms with van der Waals surface area (Å²) < 4.78 is 0. The zero-order valence-corrected chi connectivity index (χ0v) is 9.54. The maximum absolute atomic E-state index is 11.0. The first-order valence-electron chi connectivity index (χ1n) is 5.93. The average Bonchev–Trinajstić information content (AvgIpc) is 2.25. The van der Waals surface area contributed by atoms with Gasteiger partial charge in [-0.25, -0.2) is 0 Å². The Morgan fingerprint density at radius 1 is 1.47 bits per heavy atom. The van der Waals surface area contributed by atoms with Crippen molar-refractivity contribution < 1.29 is 9.90 Å². The van der Waals surface area contributed by atoms with Gasteiger partial charge in [0.2, 0.25) is 0 Å². The van der Waals surface area contributed by atoms with Crippen molar-refractivity contribution in [2.45, 2.75) is 38.6 Å². The summed E-state index contributed by atoms with van der Waals surface area (Å²) in [6.07, 6.45) is 4.82. The van der Waals surface area contributed by atoms with Gasteiger partial charge in [-0.3, -0.25) is 9.69 Å². The molecule has 0 aliphatic carbocycles. The van der Waals surface area contributed by atoms with Gasteiger partial charge in [0.15, 0.2) is 0 Å². The van der Waals surface area contributed by atoms with Crippen LogP contribution < -0.4 is 5.32 Å². The third-order valence-corrected chi connectivity index (χ3v) is 2.94. The SMILES string of the molecule is CCCCCCN1CCNCC1C(=O)O. The molecule has 1 aliphatic heterocycles. The third-order valence-electron chi connectivity index (χ3n) is 2.94. The van der Waals surface area contributed by atoms with Crippen LogP contribution in [0.25, 0.3) is 0 Å². The van der Waals surface area contributed by atoms with E-state index in [4.69, 9.17) is 5.11 Å². The Labute approximate surface area is 91.6 Å². The number of carboxylic acids is 1. The Balaban J connectivity index is 2.26. The molecule has 0 aromatic heterocycles. The molecule has 2 N–H and O–H groups in total. The monoisotopic (exact) mass is 214 g/mol. The molecule has 1 atom stereocenters. The van der Waals surface area contributed by atoms with Crippen LogP contribution in [-0.4, -0.2) is 48.2 Å². The van der Waals surface area contributed by atoms with Gasteiger partial charge in [0, 0.05) is 19.6 Å². The molecule has 0 bridgehead atoms. The van der Waals surface area contributed by atoms with E-state index in [1.54, 1.807) is 0 Å². The average molecular weight is 214 g/mol. The van der Waals surface area contributed by atoms with Crippen molar-refractivity contribution in [2.75, 3.05) is 26.2 Å². The highest BCUT2D eigenvalue weighted by molar-refractivity contribution is 5.73. The molecule has 1 unspecified atom stereocenters. The lowest BCUT2D eigenvalue weighted by Crippen LogP contribution is -2.55. The fourth-order valence-corrected chi connectivity index (χ4v) is 2.00. The summed E-state index contributed by atoms with van der Waals surface area (Å²) in [5, 5.41) is 12.2. The Morgan fingerprint density at radius 3 is 2.93 bits per heavy atom. The molecular formula is C11H22N2O2. The van der Waals surface area contributed by atoms with Crippen molar-refractivity contribution in [2.24, 2.45) is 0 Å². The molecule has 0 spiro atoms. The fourth-order valence-electron chi connectivity index (χ4n) is 2.00. The standard InChI is InChI=1S/C11H22N2O2/c1-2-3-4-5-7-13-8-6-12-9-10(13)11(14)15/h10,12H,2-9H2,1H3,(H,14,15). The van der Waals surface area contributed by atoms with Crippen LogP contribution in [0.3, 0.4) is 0 Å². The highest BCUT2D eigenvalue weighted by atomic mass is 16.4. The molecule has 88 valence electrons. The Bertz CT molecular complexity index is 197. The molecule has 0 saturated carbocycles. The van der Waals surface area contributed by atoms with E-state index in [0.717, 1.165) is 26.1 Å². The number of hydrogen-bond donors (Lipinski definition) is 2. The summed E-state index contributed by atoms with van der Waals surface area (Å²) in [6, 6.07) is -0.319. The van der Waals surface area contributed by atoms with Crippen LogP contribution in [0.5, 0.6) is 0 Å². The van der Waals surface area contributed by atoms with Crippen LogP contribution in [0.1, 0.15) is 32.6 Å². The summed E-state index contributed by atoms with van der Waals surface area (Å²) in [5.74, 6) is -0.697. The second-order valence-electron chi connectivity index (χ2n) is 4.15. The lowest BCUT2D eigenvalue weighted by Gasteiger charge is -2.33. The van der Waals surface area contributed by atoms with Crippen LogP contribution in [-0.2, 0) is 4.79 Å². The van der Waals surface area contributed by atoms with Crippen LogP contribution in [0.4, 0.5) is 0 Å². The zero-order chi connectivity index (χ0) is 11.1. The van der Waals surface area contributed by atoms with E-state index < -0.39 is 5.97 Å². The first-order valence-corrected chi connectivity index (χ1v) is 5.93. The number of rotatable bonds is 6. The molecule has 0 aromatic carbocycles. The summed E-state index contributed by atoms with van der Waals surface area (Å²) in [7, 11) is 0. The first kappa shape index (κ1) is 12.5. The summed E-state index contributed by atoms with van der Waals surface area (Å²) in [5.41, 5.74) is 0. The molecule has 0 radical (unpaired) electrons. The largest absolute Gasteiger partial charge is 0.480 e. The van der Waals surface area contributed by atoms with E-state index in [1.165, 1.54) is 19.3 Å². The van der Waals surface area contributed by atoms with Gasteiger partial charge in [0.25, 0.3) is 0 Å². The molecule has 0 amide bonds. The minimum absolute atomic E-state index is 0.319. The molecule has 0 aromatic rings. The number of nitrogens with zero attached hydrogens (tertiary/aromatic N) is 1. The Hall–Kier alpha value is -0.610. The predicted octanol–water partition coefficient (Wildman–Crippen LogP) is 0.925. The Kier molecular flexibility index (Phi) is 5.65. The number of unbranched alkanes of at least 4 members (excludes halogenated alkanes) is 3. The third kappa shape index (κ3) is 4.18. The highest BCUT2D eigenvalue weighted by Gasteiger charge is 2.27. The van der Waals surface area contributed by atoms with E-state index in [2.05, 4.69) is 17.1 Å². The second kappa shape index (κ2) is 6.80. The first-order chi connectivity index (χ1) is 7.25. The molecular weight excluding hydrogens is 192 g/mol. The molecule has 1 saturated heterocycles. The van der Waals surface area contributed by atoms with Gasteiger partial charge in [-0.2, -0.15) is 0 Å². The van der Waals surface area contributed by atoms with Gasteiger partial charge in [-0.1, -0.05) is 26.2 Å². The van der Waals surface area contributed by atoms with Crippen molar-refractivity contribution in [1.82, 2.24) is 10.2 Å². The quantitative estimate of drug-likeness (QED) is 0.646. The van der Waals surface area contributed by atoms with Gasteiger partial charge in [0.05, 0.1) is 0 Å². The van der Waals surface area contributed by atoms with Crippen molar-refractivity contribution in [1.29, 1.82) is 0 Å². The van der Waals surface area contributed by atoms with Crippen LogP contribution in [0.2, 0.25) is 0 Å². The van der Waals surface area contributed by atoms with Crippen LogP contribution in [0.15, 0.2) is 0 Å². The van der Waals surface area contributed by atoms with Gasteiger partial charge < -0.3 is 10.4 Å². The minimum atomic E-state index is -0.697. The lowest BCUT2D eigenvalue weighted by atomic mass is 10.1. The molecule has 4 heteroatoms. The van der Waals surface area contributed by atoms with E-state index in [1.807, 2.05) is 0 Å². The van der Waals surface area contributed by atoms with E-state index in [0.29, 0.717) is 6.54 Å². The molecule has 1 aliphatic rings. The normalized spacial score (nSPS) is 22.9. The highest BCUT2D eigenvalue weighted by Crippen LogP contribution is 2.07. The summed E-state index contributed by atoms with van der Waals surface area (Å²) >= 11 is 0. The van der Waals surface area contributed by atoms with E-state index in [-0.39, 0.29) is 6.04 Å². The van der Waals surface area contributed by atoms with Crippen molar-refractivity contribution in [3.63, 3.8) is 0 Å². The van der Waals surface area contributed by atoms with Gasteiger partial charge in [0.1, 0.15) is 6.04 Å². The maximum Gasteiger partial charge on any atom is 0.322 e. The maximum atomic E-state index is 11.0. The topological polar surface area (TPSA) is 52.6 Å². The second-order valence-corrected chi connectivity index (χ2v) is 4.15. The number of carbonyl (C=O) groups is 1. The van der Waals surface area contributed by atoms with Crippen LogP contribution >= 0.6 is 0 Å². The van der Waals surface area contributed by atoms with E-state index >= 15 is 0 Å². The van der Waals surface area contributed by atoms with Crippen molar-refractivity contribution in [3.05, 3.63) is 0 Å². The minimum Gasteiger partial charge on any atom is -0.480 e. The van der Waals surface area contributed by atoms with Gasteiger partial charge >= 0.3 is 5.97 Å². The lowest BCUT2D eigenvalue weighted by molar-refractivity contribution is -0.143. The number of aliphatic carboxylic acids is 1. The zero-order valence-electron chi connectivity index (χ0n) is 9.54. The summed E-state index contributed by atoms with van der Waals surface area (Å²) in [4.78, 5) is 13.1. The van der Waals surface area contributed by atoms with Crippen molar-refractivity contribution >= 4 is 5.97 Å². The molecule has 1 heterocycles. The van der Waals surface area contributed by atoms with Gasteiger partial charge in [-0.05, 0) is 13.0 Å². The molecule has 15 heavy (non-hydrogen) atoms. The molecule has 1 fully saturated rings. The number of hydrogen-bond acceptors (Lipinski definition) is 3. The molecule has 4 nitrogen and oxygen atoms in total. The van der Waals surface area contributed by atoms with Crippen LogP contribution in [0, 0.1) is 0 Å². The fraction of sp³-hybridized carbons (Fsp3) is 0.909. The smallest absolute Gasteiger partial charge is 0.322 e. The van der Waals surface area contributed by atoms with Crippen molar-refractivity contribution in [3.8, 4) is 0 Å². The predicted molar refractivity (Wildman–Crippen MR) is 60.0 cm³/mol. The number of nitrogens with one attached hydrogen (secondary N) is 1. The Morgan fingerprint density at radius 2 is 2.27 bits per heavy atom. The number of carboxylic acid groups (broad SMARTS) is 1. The summed E-state index contributed by atoms with van der Waals surface area (Å²) in [6.45, 7) is 5.48. The van der Waals surface area contributed by atoms with Gasteiger partial charge in [-0.15, -0.1) is 0 Å².